The molecule has 0 aliphatic rings. The first-order valence-electron chi connectivity index (χ1n) is 4.91. The second kappa shape index (κ2) is 5.62. The normalized spacial score (nSPS) is 10.6. The van der Waals surface area contributed by atoms with Crippen LogP contribution in [0.1, 0.15) is 25.3 Å². The molecule has 0 bridgehead atoms. The van der Waals surface area contributed by atoms with Crippen LogP contribution < -0.4 is 16.0 Å². The van der Waals surface area contributed by atoms with E-state index in [0.29, 0.717) is 19.1 Å². The van der Waals surface area contributed by atoms with E-state index < -0.39 is 0 Å². The lowest BCUT2D eigenvalue weighted by Crippen LogP contribution is -2.27. The van der Waals surface area contributed by atoms with Crippen molar-refractivity contribution < 1.29 is 4.74 Å². The predicted molar refractivity (Wildman–Crippen MR) is 58.2 cm³/mol. The Bertz CT molecular complexity index is 274. The number of benzene rings is 1. The molecule has 1 aromatic rings. The highest BCUT2D eigenvalue weighted by Crippen LogP contribution is 2.25. The summed E-state index contributed by atoms with van der Waals surface area (Å²) in [6, 6.07) is 8.10. The van der Waals surface area contributed by atoms with Crippen LogP contribution in [0.5, 0.6) is 5.75 Å². The summed E-state index contributed by atoms with van der Waals surface area (Å²) < 4.78 is 5.60. The lowest BCUT2D eigenvalue weighted by molar-refractivity contribution is 0.311. The van der Waals surface area contributed by atoms with E-state index in [2.05, 4.69) is 25.3 Å². The molecular weight excluding hydrogens is 176 g/mol. The van der Waals surface area contributed by atoms with Gasteiger partial charge in [-0.05, 0) is 17.5 Å². The van der Waals surface area contributed by atoms with Gasteiger partial charge in [0.25, 0.3) is 0 Å². The zero-order valence-corrected chi connectivity index (χ0v) is 8.79. The SMILES string of the molecule is CC(C)c1ccccc1OCCNN. The van der Waals surface area contributed by atoms with Crippen LogP contribution in [0.2, 0.25) is 0 Å². The standard InChI is InChI=1S/C11H18N2O/c1-9(2)10-5-3-4-6-11(10)14-8-7-13-12/h3-6,9,13H,7-8,12H2,1-2H3. The number of hydrazine groups is 1. The van der Waals surface area contributed by atoms with Gasteiger partial charge in [-0.2, -0.15) is 0 Å². The number of ether oxygens (including phenoxy) is 1. The Morgan fingerprint density at radius 3 is 2.71 bits per heavy atom. The first kappa shape index (κ1) is 11.0. The maximum Gasteiger partial charge on any atom is 0.122 e. The van der Waals surface area contributed by atoms with Crippen molar-refractivity contribution in [3.05, 3.63) is 29.8 Å². The number of hydrogen-bond acceptors (Lipinski definition) is 3. The van der Waals surface area contributed by atoms with Crippen LogP contribution in [0.15, 0.2) is 24.3 Å². The van der Waals surface area contributed by atoms with E-state index >= 15 is 0 Å². The van der Waals surface area contributed by atoms with Crippen molar-refractivity contribution in [2.24, 2.45) is 5.84 Å². The fraction of sp³-hybridized carbons (Fsp3) is 0.455. The molecule has 1 rings (SSSR count). The molecule has 0 aliphatic carbocycles. The van der Waals surface area contributed by atoms with Gasteiger partial charge in [-0.3, -0.25) is 11.3 Å². The van der Waals surface area contributed by atoms with Gasteiger partial charge in [0.1, 0.15) is 12.4 Å². The second-order valence-corrected chi connectivity index (χ2v) is 3.50. The van der Waals surface area contributed by atoms with E-state index in [0.717, 1.165) is 5.75 Å². The lowest BCUT2D eigenvalue weighted by atomic mass is 10.0. The van der Waals surface area contributed by atoms with Gasteiger partial charge >= 0.3 is 0 Å². The highest BCUT2D eigenvalue weighted by Gasteiger charge is 2.05. The van der Waals surface area contributed by atoms with E-state index in [9.17, 15) is 0 Å². The Labute approximate surface area is 85.2 Å². The monoisotopic (exact) mass is 194 g/mol. The highest BCUT2D eigenvalue weighted by atomic mass is 16.5. The molecular formula is C11H18N2O. The molecule has 0 saturated carbocycles. The van der Waals surface area contributed by atoms with Gasteiger partial charge in [0.05, 0.1) is 0 Å². The van der Waals surface area contributed by atoms with Crippen molar-refractivity contribution in [2.45, 2.75) is 19.8 Å². The number of para-hydroxylation sites is 1. The van der Waals surface area contributed by atoms with Gasteiger partial charge in [-0.15, -0.1) is 0 Å². The zero-order valence-electron chi connectivity index (χ0n) is 8.79. The summed E-state index contributed by atoms with van der Waals surface area (Å²) >= 11 is 0. The summed E-state index contributed by atoms with van der Waals surface area (Å²) in [6.45, 7) is 5.57. The molecule has 3 N–H and O–H groups in total. The Kier molecular flexibility index (Phi) is 4.43. The fourth-order valence-corrected chi connectivity index (χ4v) is 1.31. The zero-order chi connectivity index (χ0) is 10.4. The van der Waals surface area contributed by atoms with Crippen LogP contribution in [0.3, 0.4) is 0 Å². The Morgan fingerprint density at radius 2 is 2.07 bits per heavy atom. The minimum atomic E-state index is 0.483. The second-order valence-electron chi connectivity index (χ2n) is 3.50. The van der Waals surface area contributed by atoms with Crippen molar-refractivity contribution in [3.8, 4) is 5.75 Å². The summed E-state index contributed by atoms with van der Waals surface area (Å²) in [7, 11) is 0. The Hall–Kier alpha value is -1.06. The number of nitrogens with two attached hydrogens (primary N) is 1. The molecule has 3 heteroatoms. The molecule has 0 spiro atoms. The van der Waals surface area contributed by atoms with Crippen LogP contribution in [0, 0.1) is 0 Å². The van der Waals surface area contributed by atoms with Gasteiger partial charge in [0.15, 0.2) is 0 Å². The average Bonchev–Trinajstić information content (AvgIpc) is 2.19. The molecule has 0 heterocycles. The van der Waals surface area contributed by atoms with Crippen LogP contribution in [0.4, 0.5) is 0 Å². The molecule has 0 amide bonds. The van der Waals surface area contributed by atoms with Gasteiger partial charge in [0.2, 0.25) is 0 Å². The molecule has 0 aromatic heterocycles. The van der Waals surface area contributed by atoms with Crippen molar-refractivity contribution in [1.82, 2.24) is 5.43 Å². The first-order valence-corrected chi connectivity index (χ1v) is 4.91. The third-order valence-electron chi connectivity index (χ3n) is 2.04. The van der Waals surface area contributed by atoms with Crippen LogP contribution in [0.25, 0.3) is 0 Å². The molecule has 78 valence electrons. The smallest absolute Gasteiger partial charge is 0.122 e. The van der Waals surface area contributed by atoms with E-state index in [-0.39, 0.29) is 0 Å². The molecule has 0 fully saturated rings. The Morgan fingerprint density at radius 1 is 1.36 bits per heavy atom. The third-order valence-corrected chi connectivity index (χ3v) is 2.04. The van der Waals surface area contributed by atoms with Gasteiger partial charge in [0, 0.05) is 6.54 Å². The molecule has 0 unspecified atom stereocenters. The van der Waals surface area contributed by atoms with Crippen molar-refractivity contribution in [2.75, 3.05) is 13.2 Å². The molecule has 3 nitrogen and oxygen atoms in total. The molecule has 0 radical (unpaired) electrons. The summed E-state index contributed by atoms with van der Waals surface area (Å²) in [5.41, 5.74) is 3.80. The van der Waals surface area contributed by atoms with E-state index in [1.54, 1.807) is 0 Å². The van der Waals surface area contributed by atoms with E-state index in [1.807, 2.05) is 18.2 Å². The maximum atomic E-state index is 5.60. The largest absolute Gasteiger partial charge is 0.492 e. The Balaban J connectivity index is 2.64. The average molecular weight is 194 g/mol. The van der Waals surface area contributed by atoms with E-state index in [1.165, 1.54) is 5.56 Å². The van der Waals surface area contributed by atoms with Crippen molar-refractivity contribution >= 4 is 0 Å². The fourth-order valence-electron chi connectivity index (χ4n) is 1.31. The molecule has 1 aromatic carbocycles. The lowest BCUT2D eigenvalue weighted by Gasteiger charge is -2.13. The van der Waals surface area contributed by atoms with Gasteiger partial charge < -0.3 is 4.74 Å². The number of rotatable bonds is 5. The maximum absolute atomic E-state index is 5.60. The summed E-state index contributed by atoms with van der Waals surface area (Å²) in [4.78, 5) is 0. The summed E-state index contributed by atoms with van der Waals surface area (Å²) in [5, 5.41) is 0. The topological polar surface area (TPSA) is 47.3 Å². The highest BCUT2D eigenvalue weighted by molar-refractivity contribution is 5.35. The van der Waals surface area contributed by atoms with Crippen molar-refractivity contribution in [3.63, 3.8) is 0 Å². The number of nitrogens with one attached hydrogen (secondary N) is 1. The molecule has 0 aliphatic heterocycles. The van der Waals surface area contributed by atoms with Crippen LogP contribution in [-0.2, 0) is 0 Å². The molecule has 0 saturated heterocycles. The minimum absolute atomic E-state index is 0.483. The van der Waals surface area contributed by atoms with Gasteiger partial charge in [-0.25, -0.2) is 0 Å². The predicted octanol–water partition coefficient (Wildman–Crippen LogP) is 1.65. The van der Waals surface area contributed by atoms with Crippen LogP contribution >= 0.6 is 0 Å². The minimum Gasteiger partial charge on any atom is -0.492 e. The summed E-state index contributed by atoms with van der Waals surface area (Å²) in [6.07, 6.45) is 0. The first-order chi connectivity index (χ1) is 6.75. The third kappa shape index (κ3) is 3.01. The molecule has 0 atom stereocenters. The van der Waals surface area contributed by atoms with Crippen LogP contribution in [-0.4, -0.2) is 13.2 Å². The van der Waals surface area contributed by atoms with E-state index in [4.69, 9.17) is 10.6 Å². The quantitative estimate of drug-likeness (QED) is 0.425. The van der Waals surface area contributed by atoms with Gasteiger partial charge in [-0.1, -0.05) is 32.0 Å². The van der Waals surface area contributed by atoms with Crippen molar-refractivity contribution in [1.29, 1.82) is 0 Å². The molecule has 14 heavy (non-hydrogen) atoms. The summed E-state index contributed by atoms with van der Waals surface area (Å²) in [5.74, 6) is 6.60. The number of hydrogen-bond donors (Lipinski definition) is 2.